The molecule has 204 valence electrons. The second-order valence-electron chi connectivity index (χ2n) is 10.1. The Balaban J connectivity index is 4.52. The van der Waals surface area contributed by atoms with Gasteiger partial charge in [-0.05, 0) is 67.2 Å². The van der Waals surface area contributed by atoms with E-state index in [1.165, 1.54) is 0 Å². The zero-order chi connectivity index (χ0) is 25.9. The fourth-order valence-corrected chi connectivity index (χ4v) is 3.40. The van der Waals surface area contributed by atoms with Crippen LogP contribution in [0.15, 0.2) is 0 Å². The highest BCUT2D eigenvalue weighted by Gasteiger charge is 2.26. The summed E-state index contributed by atoms with van der Waals surface area (Å²) < 4.78 is 29.0. The Morgan fingerprint density at radius 3 is 1.85 bits per heavy atom. The molecule has 0 radical (unpaired) electrons. The van der Waals surface area contributed by atoms with Gasteiger partial charge in [-0.3, -0.25) is 4.79 Å². The van der Waals surface area contributed by atoms with Gasteiger partial charge in [0, 0.05) is 39.3 Å². The van der Waals surface area contributed by atoms with Crippen LogP contribution in [0.3, 0.4) is 0 Å². The zero-order valence-electron chi connectivity index (χ0n) is 23.6. The standard InChI is InChI=1S/C27H55NO6/c1-9-12-19-30-22-17-28(18-23-31-20-13-10-2)25(29)14-15-26(5,6)33-21-16-27(7,8)34-24(4)32-11-3/h24H,9-23H2,1-8H3. The van der Waals surface area contributed by atoms with Crippen LogP contribution in [0.5, 0.6) is 0 Å². The molecule has 0 spiro atoms. The molecule has 0 aliphatic rings. The van der Waals surface area contributed by atoms with Crippen molar-refractivity contribution in [2.75, 3.05) is 52.7 Å². The molecule has 0 aromatic heterocycles. The lowest BCUT2D eigenvalue weighted by molar-refractivity contribution is -0.196. The lowest BCUT2D eigenvalue weighted by Crippen LogP contribution is -2.38. The van der Waals surface area contributed by atoms with Gasteiger partial charge in [0.05, 0.1) is 31.0 Å². The van der Waals surface area contributed by atoms with Crippen molar-refractivity contribution >= 4 is 5.91 Å². The number of rotatable bonds is 23. The normalized spacial score (nSPS) is 13.3. The topological polar surface area (TPSA) is 66.5 Å². The van der Waals surface area contributed by atoms with E-state index in [4.69, 9.17) is 23.7 Å². The van der Waals surface area contributed by atoms with Gasteiger partial charge in [0.15, 0.2) is 6.29 Å². The minimum absolute atomic E-state index is 0.129. The maximum absolute atomic E-state index is 13.0. The van der Waals surface area contributed by atoms with Crippen molar-refractivity contribution in [3.8, 4) is 0 Å². The molecule has 0 saturated heterocycles. The molecule has 0 fully saturated rings. The summed E-state index contributed by atoms with van der Waals surface area (Å²) in [7, 11) is 0. The van der Waals surface area contributed by atoms with Gasteiger partial charge in [-0.25, -0.2) is 0 Å². The molecule has 7 nitrogen and oxygen atoms in total. The quantitative estimate of drug-likeness (QED) is 0.138. The van der Waals surface area contributed by atoms with Gasteiger partial charge >= 0.3 is 0 Å². The summed E-state index contributed by atoms with van der Waals surface area (Å²) in [6, 6.07) is 0. The minimum Gasteiger partial charge on any atom is -0.380 e. The highest BCUT2D eigenvalue weighted by atomic mass is 16.7. The molecule has 34 heavy (non-hydrogen) atoms. The van der Waals surface area contributed by atoms with E-state index in [-0.39, 0.29) is 17.8 Å². The first-order chi connectivity index (χ1) is 16.1. The molecule has 0 rings (SSSR count). The van der Waals surface area contributed by atoms with E-state index in [0.29, 0.717) is 52.4 Å². The van der Waals surface area contributed by atoms with Crippen LogP contribution >= 0.6 is 0 Å². The van der Waals surface area contributed by atoms with Gasteiger partial charge in [-0.15, -0.1) is 0 Å². The van der Waals surface area contributed by atoms with E-state index < -0.39 is 5.60 Å². The summed E-state index contributed by atoms with van der Waals surface area (Å²) in [4.78, 5) is 14.8. The number of carbonyl (C=O) groups excluding carboxylic acids is 1. The summed E-state index contributed by atoms with van der Waals surface area (Å²) in [5, 5.41) is 0. The van der Waals surface area contributed by atoms with Crippen LogP contribution in [0.25, 0.3) is 0 Å². The molecule has 1 unspecified atom stereocenters. The number of nitrogens with zero attached hydrogens (tertiary/aromatic N) is 1. The molecule has 0 aliphatic heterocycles. The van der Waals surface area contributed by atoms with Crippen molar-refractivity contribution in [2.24, 2.45) is 0 Å². The van der Waals surface area contributed by atoms with Crippen LogP contribution in [0.1, 0.15) is 100 Å². The fraction of sp³-hybridized carbons (Fsp3) is 0.963. The highest BCUT2D eigenvalue weighted by molar-refractivity contribution is 5.76. The third kappa shape index (κ3) is 18.6. The Labute approximate surface area is 210 Å². The SMILES string of the molecule is CCCCOCCN(CCOCCCC)C(=O)CCC(C)(C)OCCC(C)(C)OC(C)OCC. The molecule has 0 aliphatic carbocycles. The van der Waals surface area contributed by atoms with E-state index in [9.17, 15) is 4.79 Å². The van der Waals surface area contributed by atoms with Crippen LogP contribution < -0.4 is 0 Å². The lowest BCUT2D eigenvalue weighted by atomic mass is 10.0. The Morgan fingerprint density at radius 2 is 1.35 bits per heavy atom. The summed E-state index contributed by atoms with van der Waals surface area (Å²) in [5.74, 6) is 0.129. The Bertz CT molecular complexity index is 484. The predicted octanol–water partition coefficient (Wildman–Crippen LogP) is 5.59. The van der Waals surface area contributed by atoms with Crippen molar-refractivity contribution < 1.29 is 28.5 Å². The Kier molecular flexibility index (Phi) is 19.0. The first-order valence-corrected chi connectivity index (χ1v) is 13.4. The van der Waals surface area contributed by atoms with Crippen molar-refractivity contribution in [1.82, 2.24) is 4.90 Å². The molecule has 0 aromatic carbocycles. The largest absolute Gasteiger partial charge is 0.380 e. The minimum atomic E-state index is -0.391. The number of hydrogen-bond acceptors (Lipinski definition) is 6. The van der Waals surface area contributed by atoms with Gasteiger partial charge in [0.1, 0.15) is 0 Å². The third-order valence-corrected chi connectivity index (χ3v) is 5.67. The molecular formula is C27H55NO6. The first-order valence-electron chi connectivity index (χ1n) is 13.4. The van der Waals surface area contributed by atoms with Gasteiger partial charge in [0.2, 0.25) is 5.91 Å². The molecule has 0 heterocycles. The smallest absolute Gasteiger partial charge is 0.222 e. The average molecular weight is 490 g/mol. The van der Waals surface area contributed by atoms with E-state index >= 15 is 0 Å². The summed E-state index contributed by atoms with van der Waals surface area (Å²) in [6.07, 6.45) is 5.92. The second kappa shape index (κ2) is 19.5. The number of unbranched alkanes of at least 4 members (excludes halogenated alkanes) is 2. The molecular weight excluding hydrogens is 434 g/mol. The summed E-state index contributed by atoms with van der Waals surface area (Å²) in [5.41, 5.74) is -0.731. The maximum Gasteiger partial charge on any atom is 0.222 e. The molecule has 1 amide bonds. The van der Waals surface area contributed by atoms with Crippen LogP contribution in [0, 0.1) is 0 Å². The maximum atomic E-state index is 13.0. The van der Waals surface area contributed by atoms with Crippen LogP contribution in [-0.2, 0) is 28.5 Å². The van der Waals surface area contributed by atoms with Crippen molar-refractivity contribution in [1.29, 1.82) is 0 Å². The fourth-order valence-electron chi connectivity index (χ4n) is 3.40. The van der Waals surface area contributed by atoms with Crippen molar-refractivity contribution in [3.63, 3.8) is 0 Å². The van der Waals surface area contributed by atoms with E-state index in [0.717, 1.165) is 45.3 Å². The average Bonchev–Trinajstić information content (AvgIpc) is 2.75. The second-order valence-corrected chi connectivity index (χ2v) is 10.1. The molecule has 0 N–H and O–H groups in total. The predicted molar refractivity (Wildman–Crippen MR) is 138 cm³/mol. The summed E-state index contributed by atoms with van der Waals surface area (Å²) >= 11 is 0. The number of ether oxygens (including phenoxy) is 5. The Hall–Kier alpha value is -0.730. The lowest BCUT2D eigenvalue weighted by Gasteiger charge is -2.32. The van der Waals surface area contributed by atoms with Gasteiger partial charge in [-0.2, -0.15) is 0 Å². The van der Waals surface area contributed by atoms with E-state index in [1.54, 1.807) is 0 Å². The van der Waals surface area contributed by atoms with Crippen LogP contribution in [0.2, 0.25) is 0 Å². The van der Waals surface area contributed by atoms with Gasteiger partial charge < -0.3 is 28.6 Å². The van der Waals surface area contributed by atoms with Gasteiger partial charge in [0.25, 0.3) is 0 Å². The molecule has 1 atom stereocenters. The zero-order valence-corrected chi connectivity index (χ0v) is 23.6. The molecule has 0 saturated carbocycles. The van der Waals surface area contributed by atoms with Crippen LogP contribution in [-0.4, -0.2) is 81.0 Å². The van der Waals surface area contributed by atoms with Gasteiger partial charge in [-0.1, -0.05) is 26.7 Å². The van der Waals surface area contributed by atoms with Crippen molar-refractivity contribution in [3.05, 3.63) is 0 Å². The molecule has 0 bridgehead atoms. The molecule has 7 heteroatoms. The Morgan fingerprint density at radius 1 is 0.794 bits per heavy atom. The van der Waals surface area contributed by atoms with E-state index in [2.05, 4.69) is 13.8 Å². The van der Waals surface area contributed by atoms with Crippen LogP contribution in [0.4, 0.5) is 0 Å². The summed E-state index contributed by atoms with van der Waals surface area (Å²) in [6.45, 7) is 21.4. The molecule has 0 aromatic rings. The number of amides is 1. The van der Waals surface area contributed by atoms with E-state index in [1.807, 2.05) is 46.4 Å². The highest BCUT2D eigenvalue weighted by Crippen LogP contribution is 2.22. The number of carbonyl (C=O) groups is 1. The number of hydrogen-bond donors (Lipinski definition) is 0. The van der Waals surface area contributed by atoms with Crippen molar-refractivity contribution in [2.45, 2.75) is 118 Å². The monoisotopic (exact) mass is 489 g/mol. The third-order valence-electron chi connectivity index (χ3n) is 5.67. The first kappa shape index (κ1) is 33.3.